The van der Waals surface area contributed by atoms with Gasteiger partial charge >= 0.3 is 0 Å². The Morgan fingerprint density at radius 2 is 2.07 bits per heavy atom. The fourth-order valence-electron chi connectivity index (χ4n) is 3.56. The van der Waals surface area contributed by atoms with Gasteiger partial charge in [-0.05, 0) is 31.0 Å². The second-order valence-electron chi connectivity index (χ2n) is 6.85. The van der Waals surface area contributed by atoms with Gasteiger partial charge in [0.05, 0.1) is 5.69 Å². The van der Waals surface area contributed by atoms with Crippen molar-refractivity contribution in [2.24, 2.45) is 5.73 Å². The zero-order valence-corrected chi connectivity index (χ0v) is 15.0. The fraction of sp³-hybridized carbons (Fsp3) is 0.263. The number of aryl methyl sites for hydroxylation is 1. The van der Waals surface area contributed by atoms with Crippen LogP contribution in [0.25, 0.3) is 5.65 Å². The van der Waals surface area contributed by atoms with E-state index >= 15 is 0 Å². The smallest absolute Gasteiger partial charge is 0.272 e. The number of benzene rings is 1. The molecular weight excluding hydrogens is 346 g/mol. The van der Waals surface area contributed by atoms with Crippen molar-refractivity contribution in [3.05, 3.63) is 63.2 Å². The molecule has 0 aliphatic carbocycles. The van der Waals surface area contributed by atoms with E-state index in [1.807, 2.05) is 32.0 Å². The summed E-state index contributed by atoms with van der Waals surface area (Å²) in [5.41, 5.74) is 8.86. The monoisotopic (exact) mass is 365 g/mol. The molecule has 1 saturated heterocycles. The number of carbonyl (C=O) groups excluding carboxylic acids is 2. The molecule has 3 aromatic rings. The van der Waals surface area contributed by atoms with Crippen molar-refractivity contribution >= 4 is 23.1 Å². The first-order chi connectivity index (χ1) is 12.9. The van der Waals surface area contributed by atoms with Crippen molar-refractivity contribution in [1.82, 2.24) is 14.6 Å². The van der Waals surface area contributed by atoms with E-state index in [-0.39, 0.29) is 35.0 Å². The maximum atomic E-state index is 12.6. The van der Waals surface area contributed by atoms with Crippen LogP contribution in [0.2, 0.25) is 0 Å². The van der Waals surface area contributed by atoms with Gasteiger partial charge < -0.3 is 10.6 Å². The van der Waals surface area contributed by atoms with Gasteiger partial charge in [0.2, 0.25) is 5.91 Å². The van der Waals surface area contributed by atoms with E-state index in [1.54, 1.807) is 4.90 Å². The third kappa shape index (κ3) is 2.69. The van der Waals surface area contributed by atoms with Crippen LogP contribution in [0.15, 0.2) is 35.3 Å². The number of aromatic nitrogens is 3. The SMILES string of the molecule is Cc1cccc(N2CC(c3cc(=O)n4[nH]cc(C(N)=O)c4n3)CC2=O)c1C. The first kappa shape index (κ1) is 17.0. The average molecular weight is 365 g/mol. The molecule has 138 valence electrons. The minimum absolute atomic E-state index is 0.0140. The number of amides is 2. The molecule has 0 bridgehead atoms. The van der Waals surface area contributed by atoms with Gasteiger partial charge in [-0.15, -0.1) is 0 Å². The van der Waals surface area contributed by atoms with Gasteiger partial charge in [0.25, 0.3) is 11.5 Å². The molecule has 0 spiro atoms. The standard InChI is InChI=1S/C19H19N5O3/c1-10-4-3-5-15(11(10)2)23-9-12(6-16(23)25)14-7-17(26)24-19(22-14)13(8-21-24)18(20)27/h3-5,7-8,12,21H,6,9H2,1-2H3,(H2,20,27). The third-order valence-corrected chi connectivity index (χ3v) is 5.19. The molecule has 2 amide bonds. The summed E-state index contributed by atoms with van der Waals surface area (Å²) in [4.78, 5) is 42.8. The Morgan fingerprint density at radius 3 is 2.81 bits per heavy atom. The van der Waals surface area contributed by atoms with Gasteiger partial charge in [-0.25, -0.2) is 9.50 Å². The number of aromatic amines is 1. The Kier molecular flexibility index (Phi) is 3.83. The van der Waals surface area contributed by atoms with Gasteiger partial charge in [-0.2, -0.15) is 0 Å². The molecule has 4 rings (SSSR count). The number of H-pyrrole nitrogens is 1. The van der Waals surface area contributed by atoms with E-state index < -0.39 is 5.91 Å². The summed E-state index contributed by atoms with van der Waals surface area (Å²) in [5, 5.41) is 2.68. The molecule has 1 aliphatic heterocycles. The molecule has 1 unspecified atom stereocenters. The van der Waals surface area contributed by atoms with Crippen LogP contribution in [0, 0.1) is 13.8 Å². The number of rotatable bonds is 3. The second kappa shape index (κ2) is 6.08. The number of anilines is 1. The predicted molar refractivity (Wildman–Crippen MR) is 100.0 cm³/mol. The first-order valence-electron chi connectivity index (χ1n) is 8.64. The van der Waals surface area contributed by atoms with Crippen LogP contribution in [-0.4, -0.2) is 33.0 Å². The summed E-state index contributed by atoms with van der Waals surface area (Å²) in [7, 11) is 0. The van der Waals surface area contributed by atoms with Gasteiger partial charge in [0.1, 0.15) is 5.56 Å². The Labute approximate surface area is 154 Å². The predicted octanol–water partition coefficient (Wildman–Crippen LogP) is 1.26. The van der Waals surface area contributed by atoms with Crippen molar-refractivity contribution < 1.29 is 9.59 Å². The molecule has 8 heteroatoms. The highest BCUT2D eigenvalue weighted by atomic mass is 16.2. The van der Waals surface area contributed by atoms with Crippen molar-refractivity contribution in [2.75, 3.05) is 11.4 Å². The normalized spacial score (nSPS) is 17.0. The average Bonchev–Trinajstić information content (AvgIpc) is 3.21. The van der Waals surface area contributed by atoms with E-state index in [4.69, 9.17) is 5.73 Å². The number of nitrogens with two attached hydrogens (primary N) is 1. The maximum absolute atomic E-state index is 12.6. The third-order valence-electron chi connectivity index (χ3n) is 5.19. The lowest BCUT2D eigenvalue weighted by Crippen LogP contribution is -2.25. The molecule has 1 atom stereocenters. The highest BCUT2D eigenvalue weighted by Crippen LogP contribution is 2.33. The largest absolute Gasteiger partial charge is 0.365 e. The van der Waals surface area contributed by atoms with E-state index in [1.165, 1.54) is 16.8 Å². The van der Waals surface area contributed by atoms with E-state index in [9.17, 15) is 14.4 Å². The quantitative estimate of drug-likeness (QED) is 0.727. The topological polar surface area (TPSA) is 114 Å². The van der Waals surface area contributed by atoms with Gasteiger partial charge in [-0.1, -0.05) is 12.1 Å². The molecule has 8 nitrogen and oxygen atoms in total. The zero-order valence-electron chi connectivity index (χ0n) is 15.0. The van der Waals surface area contributed by atoms with Crippen LogP contribution in [0.1, 0.15) is 39.5 Å². The molecule has 0 radical (unpaired) electrons. The summed E-state index contributed by atoms with van der Waals surface area (Å²) in [6.45, 7) is 4.42. The van der Waals surface area contributed by atoms with Crippen LogP contribution in [0.4, 0.5) is 5.69 Å². The molecule has 3 heterocycles. The fourth-order valence-corrected chi connectivity index (χ4v) is 3.56. The number of primary amides is 1. The molecule has 27 heavy (non-hydrogen) atoms. The first-order valence-corrected chi connectivity index (χ1v) is 8.64. The van der Waals surface area contributed by atoms with Gasteiger partial charge in [0.15, 0.2) is 5.65 Å². The van der Waals surface area contributed by atoms with Crippen molar-refractivity contribution in [3.63, 3.8) is 0 Å². The van der Waals surface area contributed by atoms with Crippen LogP contribution < -0.4 is 16.2 Å². The minimum atomic E-state index is -0.669. The van der Waals surface area contributed by atoms with E-state index in [2.05, 4.69) is 10.1 Å². The van der Waals surface area contributed by atoms with Gasteiger partial charge in [-0.3, -0.25) is 19.5 Å². The van der Waals surface area contributed by atoms with Crippen LogP contribution >= 0.6 is 0 Å². The van der Waals surface area contributed by atoms with E-state index in [0.717, 1.165) is 16.8 Å². The number of nitrogens with one attached hydrogen (secondary N) is 1. The number of nitrogens with zero attached hydrogens (tertiary/aromatic N) is 3. The minimum Gasteiger partial charge on any atom is -0.365 e. The zero-order chi connectivity index (χ0) is 19.3. The number of hydrogen-bond acceptors (Lipinski definition) is 4. The van der Waals surface area contributed by atoms with Crippen LogP contribution in [-0.2, 0) is 4.79 Å². The summed E-state index contributed by atoms with van der Waals surface area (Å²) in [6, 6.07) is 7.25. The Morgan fingerprint density at radius 1 is 1.30 bits per heavy atom. The molecular formula is C19H19N5O3. The summed E-state index contributed by atoms with van der Waals surface area (Å²) < 4.78 is 1.17. The lowest BCUT2D eigenvalue weighted by molar-refractivity contribution is -0.117. The van der Waals surface area contributed by atoms with Gasteiger partial charge in [0, 0.05) is 36.8 Å². The van der Waals surface area contributed by atoms with Crippen LogP contribution in [0.5, 0.6) is 0 Å². The lowest BCUT2D eigenvalue weighted by atomic mass is 10.0. The number of carbonyl (C=O) groups is 2. The Bertz CT molecular complexity index is 1140. The molecule has 2 aromatic heterocycles. The highest BCUT2D eigenvalue weighted by molar-refractivity contribution is 5.99. The Balaban J connectivity index is 1.74. The van der Waals surface area contributed by atoms with E-state index in [0.29, 0.717) is 12.2 Å². The summed E-state index contributed by atoms with van der Waals surface area (Å²) in [6.07, 6.45) is 1.62. The lowest BCUT2D eigenvalue weighted by Gasteiger charge is -2.20. The molecule has 1 fully saturated rings. The Hall–Kier alpha value is -3.42. The molecule has 3 N–H and O–H groups in total. The van der Waals surface area contributed by atoms with Crippen molar-refractivity contribution in [1.29, 1.82) is 0 Å². The number of fused-ring (bicyclic) bond motifs is 1. The highest BCUT2D eigenvalue weighted by Gasteiger charge is 2.34. The van der Waals surface area contributed by atoms with Crippen molar-refractivity contribution in [3.8, 4) is 0 Å². The second-order valence-corrected chi connectivity index (χ2v) is 6.85. The van der Waals surface area contributed by atoms with Crippen molar-refractivity contribution in [2.45, 2.75) is 26.2 Å². The van der Waals surface area contributed by atoms with Crippen LogP contribution in [0.3, 0.4) is 0 Å². The summed E-state index contributed by atoms with van der Waals surface area (Å²) >= 11 is 0. The maximum Gasteiger partial charge on any atom is 0.272 e. The molecule has 1 aliphatic rings. The molecule has 1 aromatic carbocycles. The number of hydrogen-bond donors (Lipinski definition) is 2. The summed E-state index contributed by atoms with van der Waals surface area (Å²) in [5.74, 6) is -0.914. The molecule has 0 saturated carbocycles.